The maximum atomic E-state index is 8.95. The Kier molecular flexibility index (Phi) is 1.75. The lowest BCUT2D eigenvalue weighted by Gasteiger charge is -2.22. The minimum Gasteiger partial charge on any atom is -0.373 e. The van der Waals surface area contributed by atoms with Gasteiger partial charge in [0.2, 0.25) is 0 Å². The molecular formula is C6H12O3. The molecule has 1 heterocycles. The topological polar surface area (TPSA) is 49.7 Å². The molecule has 3 nitrogen and oxygen atoms in total. The van der Waals surface area contributed by atoms with Crippen molar-refractivity contribution in [3.05, 3.63) is 0 Å². The zero-order chi connectivity index (χ0) is 6.91. The molecule has 0 aromatic rings. The van der Waals surface area contributed by atoms with Crippen LogP contribution in [0.2, 0.25) is 0 Å². The van der Waals surface area contributed by atoms with Crippen LogP contribution in [0.1, 0.15) is 19.8 Å². The summed E-state index contributed by atoms with van der Waals surface area (Å²) < 4.78 is 5.02. The number of hydrogen-bond acceptors (Lipinski definition) is 3. The molecule has 0 spiro atoms. The van der Waals surface area contributed by atoms with Crippen molar-refractivity contribution >= 4 is 0 Å². The van der Waals surface area contributed by atoms with Crippen molar-refractivity contribution in [2.24, 2.45) is 0 Å². The van der Waals surface area contributed by atoms with Crippen LogP contribution in [0.25, 0.3) is 0 Å². The van der Waals surface area contributed by atoms with E-state index in [-0.39, 0.29) is 6.10 Å². The number of ether oxygens (including phenoxy) is 1. The quantitative estimate of drug-likeness (QED) is 0.488. The molecule has 1 fully saturated rings. The molecule has 1 unspecified atom stereocenters. The molecule has 1 aliphatic heterocycles. The highest BCUT2D eigenvalue weighted by Gasteiger charge is 2.32. The normalized spacial score (nSPS) is 29.0. The van der Waals surface area contributed by atoms with E-state index >= 15 is 0 Å². The second-order valence-electron chi connectivity index (χ2n) is 2.60. The fourth-order valence-corrected chi connectivity index (χ4v) is 1.01. The van der Waals surface area contributed by atoms with Gasteiger partial charge in [-0.05, 0) is 19.8 Å². The van der Waals surface area contributed by atoms with Gasteiger partial charge in [0.15, 0.2) is 5.79 Å². The van der Waals surface area contributed by atoms with E-state index in [0.717, 1.165) is 12.8 Å². The predicted octanol–water partition coefficient (Wildman–Crippen LogP) is -0.134. The van der Waals surface area contributed by atoms with Gasteiger partial charge in [-0.1, -0.05) is 0 Å². The number of hydrogen-bond donors (Lipinski definition) is 2. The molecule has 9 heavy (non-hydrogen) atoms. The Labute approximate surface area is 54.3 Å². The fourth-order valence-electron chi connectivity index (χ4n) is 1.01. The van der Waals surface area contributed by atoms with Gasteiger partial charge in [0.25, 0.3) is 0 Å². The van der Waals surface area contributed by atoms with Crippen molar-refractivity contribution in [3.8, 4) is 0 Å². The van der Waals surface area contributed by atoms with Gasteiger partial charge in [-0.2, -0.15) is 0 Å². The molecule has 0 aliphatic carbocycles. The zero-order valence-corrected chi connectivity index (χ0v) is 5.50. The maximum Gasteiger partial charge on any atom is 0.186 e. The molecule has 1 atom stereocenters. The van der Waals surface area contributed by atoms with E-state index in [1.807, 2.05) is 0 Å². The van der Waals surface area contributed by atoms with Crippen molar-refractivity contribution < 1.29 is 14.9 Å². The van der Waals surface area contributed by atoms with Crippen molar-refractivity contribution in [2.45, 2.75) is 31.7 Å². The van der Waals surface area contributed by atoms with Gasteiger partial charge in [0, 0.05) is 6.61 Å². The first-order valence-corrected chi connectivity index (χ1v) is 3.17. The molecule has 1 rings (SSSR count). The van der Waals surface area contributed by atoms with Crippen LogP contribution >= 0.6 is 0 Å². The Hall–Kier alpha value is -0.120. The predicted molar refractivity (Wildman–Crippen MR) is 31.8 cm³/mol. The summed E-state index contributed by atoms with van der Waals surface area (Å²) in [4.78, 5) is 0. The summed E-state index contributed by atoms with van der Waals surface area (Å²) in [5.41, 5.74) is 0. The molecule has 54 valence electrons. The summed E-state index contributed by atoms with van der Waals surface area (Å²) >= 11 is 0. The van der Waals surface area contributed by atoms with Crippen LogP contribution in [0.5, 0.6) is 0 Å². The molecule has 0 saturated carbocycles. The SMILES string of the molecule is CC(O)(O)C1CCCO1. The van der Waals surface area contributed by atoms with E-state index < -0.39 is 5.79 Å². The summed E-state index contributed by atoms with van der Waals surface area (Å²) in [5, 5.41) is 17.9. The Balaban J connectivity index is 2.42. The minimum atomic E-state index is -1.64. The second-order valence-corrected chi connectivity index (χ2v) is 2.60. The molecule has 3 heteroatoms. The second kappa shape index (κ2) is 2.25. The van der Waals surface area contributed by atoms with E-state index in [9.17, 15) is 0 Å². The minimum absolute atomic E-state index is 0.377. The summed E-state index contributed by atoms with van der Waals surface area (Å²) in [6.07, 6.45) is 1.31. The largest absolute Gasteiger partial charge is 0.373 e. The van der Waals surface area contributed by atoms with Gasteiger partial charge in [-0.25, -0.2) is 0 Å². The molecule has 0 amide bonds. The van der Waals surface area contributed by atoms with Gasteiger partial charge in [-0.15, -0.1) is 0 Å². The van der Waals surface area contributed by atoms with E-state index in [1.165, 1.54) is 6.92 Å². The fraction of sp³-hybridized carbons (Fsp3) is 1.00. The Morgan fingerprint density at radius 2 is 2.22 bits per heavy atom. The molecule has 1 saturated heterocycles. The molecule has 0 aromatic carbocycles. The van der Waals surface area contributed by atoms with E-state index in [1.54, 1.807) is 0 Å². The monoisotopic (exact) mass is 132 g/mol. The lowest BCUT2D eigenvalue weighted by atomic mass is 10.1. The smallest absolute Gasteiger partial charge is 0.186 e. The third-order valence-electron chi connectivity index (χ3n) is 1.54. The Morgan fingerprint density at radius 3 is 2.44 bits per heavy atom. The van der Waals surface area contributed by atoms with Crippen molar-refractivity contribution in [3.63, 3.8) is 0 Å². The zero-order valence-electron chi connectivity index (χ0n) is 5.50. The summed E-state index contributed by atoms with van der Waals surface area (Å²) in [5.74, 6) is -1.64. The van der Waals surface area contributed by atoms with Gasteiger partial charge < -0.3 is 14.9 Å². The first-order chi connectivity index (χ1) is 4.11. The van der Waals surface area contributed by atoms with E-state index in [4.69, 9.17) is 14.9 Å². The third-order valence-corrected chi connectivity index (χ3v) is 1.54. The lowest BCUT2D eigenvalue weighted by molar-refractivity contribution is -0.213. The Bertz CT molecular complexity index is 89.0. The molecular weight excluding hydrogens is 120 g/mol. The number of rotatable bonds is 1. The molecule has 1 aliphatic rings. The van der Waals surface area contributed by atoms with Crippen LogP contribution in [-0.4, -0.2) is 28.7 Å². The van der Waals surface area contributed by atoms with Crippen molar-refractivity contribution in [1.82, 2.24) is 0 Å². The highest BCUT2D eigenvalue weighted by Crippen LogP contribution is 2.20. The summed E-state index contributed by atoms with van der Waals surface area (Å²) in [6.45, 7) is 2.00. The lowest BCUT2D eigenvalue weighted by Crippen LogP contribution is -2.38. The Morgan fingerprint density at radius 1 is 1.56 bits per heavy atom. The average molecular weight is 132 g/mol. The first kappa shape index (κ1) is 6.99. The molecule has 0 radical (unpaired) electrons. The van der Waals surface area contributed by atoms with Crippen LogP contribution in [0.15, 0.2) is 0 Å². The first-order valence-electron chi connectivity index (χ1n) is 3.17. The molecule has 0 aromatic heterocycles. The third kappa shape index (κ3) is 1.64. The van der Waals surface area contributed by atoms with Crippen molar-refractivity contribution in [2.75, 3.05) is 6.61 Å². The molecule has 0 bridgehead atoms. The van der Waals surface area contributed by atoms with Crippen LogP contribution in [-0.2, 0) is 4.74 Å². The molecule has 2 N–H and O–H groups in total. The van der Waals surface area contributed by atoms with Gasteiger partial charge in [0.1, 0.15) is 6.10 Å². The average Bonchev–Trinajstić information content (AvgIpc) is 2.08. The maximum absolute atomic E-state index is 8.95. The van der Waals surface area contributed by atoms with Crippen LogP contribution in [0.4, 0.5) is 0 Å². The van der Waals surface area contributed by atoms with E-state index in [2.05, 4.69) is 0 Å². The highest BCUT2D eigenvalue weighted by atomic mass is 16.6. The van der Waals surface area contributed by atoms with E-state index in [0.29, 0.717) is 6.61 Å². The van der Waals surface area contributed by atoms with Crippen molar-refractivity contribution in [1.29, 1.82) is 0 Å². The summed E-state index contributed by atoms with van der Waals surface area (Å²) in [7, 11) is 0. The highest BCUT2D eigenvalue weighted by molar-refractivity contribution is 4.75. The van der Waals surface area contributed by atoms with Crippen LogP contribution < -0.4 is 0 Å². The van der Waals surface area contributed by atoms with Gasteiger partial charge >= 0.3 is 0 Å². The van der Waals surface area contributed by atoms with Crippen LogP contribution in [0.3, 0.4) is 0 Å². The summed E-state index contributed by atoms with van der Waals surface area (Å²) in [6, 6.07) is 0. The van der Waals surface area contributed by atoms with Crippen LogP contribution in [0, 0.1) is 0 Å². The number of aliphatic hydroxyl groups is 2. The van der Waals surface area contributed by atoms with Gasteiger partial charge in [0.05, 0.1) is 0 Å². The van der Waals surface area contributed by atoms with Gasteiger partial charge in [-0.3, -0.25) is 0 Å². The standard InChI is InChI=1S/C6H12O3/c1-6(7,8)5-3-2-4-9-5/h5,7-8H,2-4H2,1H3.